The highest BCUT2D eigenvalue weighted by Crippen LogP contribution is 2.27. The van der Waals surface area contributed by atoms with Gasteiger partial charge in [0.2, 0.25) is 0 Å². The van der Waals surface area contributed by atoms with Crippen LogP contribution in [0, 0.1) is 10.7 Å². The number of halogens is 4. The predicted octanol–water partition coefficient (Wildman–Crippen LogP) is 6.01. The molecule has 0 saturated carbocycles. The highest BCUT2D eigenvalue weighted by molar-refractivity contribution is 6.30. The third kappa shape index (κ3) is 4.76. The van der Waals surface area contributed by atoms with E-state index in [1.807, 2.05) is 0 Å². The fourth-order valence-corrected chi connectivity index (χ4v) is 1.92. The van der Waals surface area contributed by atoms with Crippen LogP contribution in [0.3, 0.4) is 0 Å². The summed E-state index contributed by atoms with van der Waals surface area (Å²) in [4.78, 5) is 11.0. The van der Waals surface area contributed by atoms with Crippen molar-refractivity contribution in [2.45, 2.75) is 19.2 Å². The van der Waals surface area contributed by atoms with Crippen LogP contribution in [-0.2, 0) is 0 Å². The number of hydrogen-bond donors (Lipinski definition) is 0. The maximum Gasteiger partial charge on any atom is 0.149 e. The van der Waals surface area contributed by atoms with Crippen LogP contribution in [0.5, 0.6) is 0 Å². The third-order valence-corrected chi connectivity index (χ3v) is 2.99. The molecule has 1 atom stereocenters. The van der Waals surface area contributed by atoms with Gasteiger partial charge in [-0.25, -0.2) is 8.78 Å². The zero-order chi connectivity index (χ0) is 16.0. The lowest BCUT2D eigenvalue weighted by Crippen LogP contribution is -1.93. The van der Waals surface area contributed by atoms with Gasteiger partial charge in [0.25, 0.3) is 0 Å². The Kier molecular flexibility index (Phi) is 6.72. The van der Waals surface area contributed by atoms with Gasteiger partial charge >= 0.3 is 0 Å². The summed E-state index contributed by atoms with van der Waals surface area (Å²) < 4.78 is 27.8. The number of allylic oxidation sites excluding steroid dienone is 3. The van der Waals surface area contributed by atoms with Crippen LogP contribution in [0.25, 0.3) is 6.08 Å². The van der Waals surface area contributed by atoms with Gasteiger partial charge in [-0.15, -0.1) is 16.5 Å². The van der Waals surface area contributed by atoms with Gasteiger partial charge in [0.05, 0.1) is 10.4 Å². The smallest absolute Gasteiger partial charge is 0.149 e. The van der Waals surface area contributed by atoms with E-state index in [0.29, 0.717) is 0 Å². The van der Waals surface area contributed by atoms with Gasteiger partial charge in [-0.1, -0.05) is 29.8 Å². The molecule has 0 aliphatic heterocycles. The van der Waals surface area contributed by atoms with Crippen molar-refractivity contribution in [3.05, 3.63) is 68.8 Å². The highest BCUT2D eigenvalue weighted by atomic mass is 35.5. The summed E-state index contributed by atoms with van der Waals surface area (Å²) >= 11 is 11.3. The monoisotopic (exact) mass is 331 g/mol. The molecule has 0 aromatic heterocycles. The second kappa shape index (κ2) is 8.05. The van der Waals surface area contributed by atoms with Crippen molar-refractivity contribution in [1.82, 2.24) is 0 Å². The molecule has 0 heterocycles. The van der Waals surface area contributed by atoms with Crippen molar-refractivity contribution >= 4 is 29.3 Å². The molecule has 1 aromatic carbocycles. The molecule has 2 nitrogen and oxygen atoms in total. The molecule has 0 bridgehead atoms. The molecule has 0 amide bonds. The molecule has 1 aromatic rings. The molecule has 0 fully saturated rings. The van der Waals surface area contributed by atoms with Crippen LogP contribution in [0.1, 0.15) is 19.4 Å². The number of nitroso groups, excluding NO2 is 1. The summed E-state index contributed by atoms with van der Waals surface area (Å²) in [6.45, 7) is 3.11. The number of benzene rings is 1. The molecule has 0 aliphatic carbocycles. The normalized spacial score (nSPS) is 15.0. The number of rotatable bonds is 5. The number of alkyl halides is 1. The maximum atomic E-state index is 14.0. The zero-order valence-electron chi connectivity index (χ0n) is 11.4. The third-order valence-electron chi connectivity index (χ3n) is 2.57. The summed E-state index contributed by atoms with van der Waals surface area (Å²) in [5, 5.41) is 2.11. The van der Waals surface area contributed by atoms with Gasteiger partial charge in [0, 0.05) is 11.1 Å². The zero-order valence-corrected chi connectivity index (χ0v) is 12.9. The first-order valence-electron chi connectivity index (χ1n) is 6.08. The van der Waals surface area contributed by atoms with E-state index in [0.717, 1.165) is 12.2 Å². The lowest BCUT2D eigenvalue weighted by Gasteiger charge is -2.05. The fourth-order valence-electron chi connectivity index (χ4n) is 1.63. The predicted molar refractivity (Wildman–Crippen MR) is 83.4 cm³/mol. The Balaban J connectivity index is 3.32. The Bertz CT molecular complexity index is 622. The molecular weight excluding hydrogens is 319 g/mol. The highest BCUT2D eigenvalue weighted by Gasteiger charge is 2.13. The van der Waals surface area contributed by atoms with Gasteiger partial charge in [-0.2, -0.15) is 0 Å². The molecule has 0 spiro atoms. The minimum absolute atomic E-state index is 0.0446. The van der Waals surface area contributed by atoms with Crippen LogP contribution in [0.4, 0.5) is 8.78 Å². The molecule has 0 N–H and O–H groups in total. The summed E-state index contributed by atoms with van der Waals surface area (Å²) in [7, 11) is 0. The van der Waals surface area contributed by atoms with Crippen molar-refractivity contribution in [2.24, 2.45) is 5.18 Å². The van der Waals surface area contributed by atoms with Crippen LogP contribution < -0.4 is 0 Å². The Labute approximate surface area is 131 Å². The van der Waals surface area contributed by atoms with Gasteiger partial charge in [-0.05, 0) is 37.2 Å². The number of nitrogens with zero attached hydrogens (tertiary/aromatic N) is 1. The van der Waals surface area contributed by atoms with Crippen LogP contribution >= 0.6 is 23.2 Å². The van der Waals surface area contributed by atoms with E-state index in [-0.39, 0.29) is 21.9 Å². The summed E-state index contributed by atoms with van der Waals surface area (Å²) in [6.07, 6.45) is 3.63. The second-order valence-electron chi connectivity index (χ2n) is 4.16. The maximum absolute atomic E-state index is 14.0. The van der Waals surface area contributed by atoms with E-state index in [1.165, 1.54) is 31.2 Å². The summed E-state index contributed by atoms with van der Waals surface area (Å²) in [5.74, 6) is -1.40. The minimum atomic E-state index is -0.703. The van der Waals surface area contributed by atoms with Crippen LogP contribution in [0.15, 0.2) is 52.6 Å². The molecule has 1 unspecified atom stereocenters. The summed E-state index contributed by atoms with van der Waals surface area (Å²) in [5.41, 5.74) is -0.259. The SMILES string of the molecule is C/C=C(C(=C/c1cccc(Cl)c1F)/N=O)\C(F)=C/C(C)Cl. The van der Waals surface area contributed by atoms with E-state index in [1.54, 1.807) is 6.92 Å². The fraction of sp³-hybridized carbons (Fsp3) is 0.200. The van der Waals surface area contributed by atoms with Crippen molar-refractivity contribution < 1.29 is 8.78 Å². The first-order chi connectivity index (χ1) is 9.90. The van der Waals surface area contributed by atoms with Gasteiger partial charge in [0.1, 0.15) is 17.3 Å². The number of hydrogen-bond acceptors (Lipinski definition) is 2. The van der Waals surface area contributed by atoms with Crippen molar-refractivity contribution in [3.63, 3.8) is 0 Å². The molecular formula is C15H13Cl2F2NO. The molecule has 6 heteroatoms. The average molecular weight is 332 g/mol. The van der Waals surface area contributed by atoms with E-state index in [4.69, 9.17) is 23.2 Å². The van der Waals surface area contributed by atoms with Crippen molar-refractivity contribution in [1.29, 1.82) is 0 Å². The first-order valence-corrected chi connectivity index (χ1v) is 6.89. The standard InChI is InChI=1S/C15H13Cl2F2NO/c1-3-11(13(18)7-9(2)16)14(20-21)8-10-5-4-6-12(17)15(10)19/h3-9H,1-2H3/b11-3+,13-7+,14-8-. The van der Waals surface area contributed by atoms with E-state index in [9.17, 15) is 13.7 Å². The van der Waals surface area contributed by atoms with Crippen LogP contribution in [-0.4, -0.2) is 5.38 Å². The lowest BCUT2D eigenvalue weighted by atomic mass is 10.1. The van der Waals surface area contributed by atoms with Gasteiger partial charge < -0.3 is 0 Å². The van der Waals surface area contributed by atoms with Crippen LogP contribution in [0.2, 0.25) is 5.02 Å². The van der Waals surface area contributed by atoms with E-state index >= 15 is 0 Å². The molecule has 0 aliphatic rings. The van der Waals surface area contributed by atoms with E-state index < -0.39 is 17.0 Å². The quantitative estimate of drug-likeness (QED) is 0.369. The van der Waals surface area contributed by atoms with Gasteiger partial charge in [0.15, 0.2) is 0 Å². The Morgan fingerprint density at radius 3 is 2.62 bits per heavy atom. The Morgan fingerprint density at radius 1 is 1.43 bits per heavy atom. The van der Waals surface area contributed by atoms with E-state index in [2.05, 4.69) is 5.18 Å². The molecule has 1 rings (SSSR count). The topological polar surface area (TPSA) is 29.4 Å². The average Bonchev–Trinajstić information content (AvgIpc) is 2.42. The molecule has 21 heavy (non-hydrogen) atoms. The lowest BCUT2D eigenvalue weighted by molar-refractivity contribution is 0.625. The van der Waals surface area contributed by atoms with Crippen molar-refractivity contribution in [3.8, 4) is 0 Å². The minimum Gasteiger partial charge on any atom is -0.207 e. The molecule has 0 radical (unpaired) electrons. The second-order valence-corrected chi connectivity index (χ2v) is 5.25. The molecule has 112 valence electrons. The molecule has 0 saturated heterocycles. The van der Waals surface area contributed by atoms with Crippen molar-refractivity contribution in [2.75, 3.05) is 0 Å². The Morgan fingerprint density at radius 2 is 2.10 bits per heavy atom. The first kappa shape index (κ1) is 17.5. The largest absolute Gasteiger partial charge is 0.207 e. The van der Waals surface area contributed by atoms with Gasteiger partial charge in [-0.3, -0.25) is 0 Å². The summed E-state index contributed by atoms with van der Waals surface area (Å²) in [6, 6.07) is 4.29. The Hall–Kier alpha value is -1.52.